The smallest absolute Gasteiger partial charge is 0.126 e. The summed E-state index contributed by atoms with van der Waals surface area (Å²) in [5, 5.41) is 13.7. The normalized spacial score (nSPS) is 18.8. The van der Waals surface area contributed by atoms with Gasteiger partial charge in [-0.15, -0.1) is 0 Å². The van der Waals surface area contributed by atoms with E-state index in [4.69, 9.17) is 0 Å². The highest BCUT2D eigenvalue weighted by molar-refractivity contribution is 5.57. The van der Waals surface area contributed by atoms with Gasteiger partial charge in [0.1, 0.15) is 5.82 Å². The number of nitrogens with one attached hydrogen (secondary N) is 1. The van der Waals surface area contributed by atoms with Crippen LogP contribution in [0.25, 0.3) is 0 Å². The van der Waals surface area contributed by atoms with Crippen molar-refractivity contribution in [2.45, 2.75) is 25.5 Å². The number of benzene rings is 2. The Bertz CT molecular complexity index is 586. The Morgan fingerprint density at radius 3 is 2.79 bits per heavy atom. The maximum absolute atomic E-state index is 13.3. The molecule has 2 unspecified atom stereocenters. The van der Waals surface area contributed by atoms with Crippen LogP contribution in [0.15, 0.2) is 42.5 Å². The van der Waals surface area contributed by atoms with E-state index < -0.39 is 6.10 Å². The Morgan fingerprint density at radius 2 is 2.05 bits per heavy atom. The molecule has 0 saturated carbocycles. The Balaban J connectivity index is 1.82. The maximum atomic E-state index is 13.3. The van der Waals surface area contributed by atoms with E-state index in [1.165, 1.54) is 11.6 Å². The third kappa shape index (κ3) is 2.22. The Morgan fingerprint density at radius 1 is 1.26 bits per heavy atom. The number of para-hydroxylation sites is 1. The number of aliphatic hydroxyl groups excluding tert-OH is 1. The van der Waals surface area contributed by atoms with Gasteiger partial charge in [-0.05, 0) is 42.2 Å². The lowest BCUT2D eigenvalue weighted by Crippen LogP contribution is -2.24. The molecule has 98 valence electrons. The second-order valence-electron chi connectivity index (χ2n) is 5.07. The number of aryl methyl sites for hydroxylation is 1. The summed E-state index contributed by atoms with van der Waals surface area (Å²) in [7, 11) is 0. The van der Waals surface area contributed by atoms with Crippen molar-refractivity contribution in [1.82, 2.24) is 0 Å². The van der Waals surface area contributed by atoms with Gasteiger partial charge in [-0.1, -0.05) is 30.3 Å². The van der Waals surface area contributed by atoms with Gasteiger partial charge in [0.25, 0.3) is 0 Å². The fourth-order valence-corrected chi connectivity index (χ4v) is 2.60. The van der Waals surface area contributed by atoms with E-state index >= 15 is 0 Å². The van der Waals surface area contributed by atoms with Gasteiger partial charge in [-0.3, -0.25) is 0 Å². The number of fused-ring (bicyclic) bond motifs is 1. The van der Waals surface area contributed by atoms with Crippen LogP contribution in [-0.4, -0.2) is 11.1 Å². The zero-order valence-electron chi connectivity index (χ0n) is 10.7. The van der Waals surface area contributed by atoms with Crippen LogP contribution in [-0.2, 0) is 6.42 Å². The number of hydrogen-bond acceptors (Lipinski definition) is 2. The molecule has 0 aromatic heterocycles. The molecule has 0 radical (unpaired) electrons. The molecule has 1 heterocycles. The van der Waals surface area contributed by atoms with Gasteiger partial charge < -0.3 is 10.4 Å². The molecule has 2 aromatic carbocycles. The molecule has 3 rings (SSSR count). The maximum Gasteiger partial charge on any atom is 0.126 e. The fourth-order valence-electron chi connectivity index (χ4n) is 2.60. The largest absolute Gasteiger partial charge is 0.386 e. The first-order valence-corrected chi connectivity index (χ1v) is 6.44. The summed E-state index contributed by atoms with van der Waals surface area (Å²) in [6.45, 7) is 1.71. The molecule has 0 bridgehead atoms. The number of halogens is 1. The predicted octanol–water partition coefficient (Wildman–Crippen LogP) is 3.20. The number of hydrogen-bond donors (Lipinski definition) is 2. The molecular formula is C16H16FNO. The van der Waals surface area contributed by atoms with Gasteiger partial charge in [-0.2, -0.15) is 0 Å². The van der Waals surface area contributed by atoms with Gasteiger partial charge in [0.05, 0.1) is 12.1 Å². The Labute approximate surface area is 111 Å². The zero-order chi connectivity index (χ0) is 13.4. The lowest BCUT2D eigenvalue weighted by molar-refractivity contribution is 0.156. The van der Waals surface area contributed by atoms with Crippen molar-refractivity contribution in [2.24, 2.45) is 0 Å². The van der Waals surface area contributed by atoms with E-state index in [-0.39, 0.29) is 11.9 Å². The monoisotopic (exact) mass is 257 g/mol. The lowest BCUT2D eigenvalue weighted by Gasteiger charge is -2.19. The standard InChI is InChI=1S/C16H16FNO/c1-10-8-12(6-7-13(10)17)16(19)15-9-11-4-2-3-5-14(11)18-15/h2-8,15-16,18-19H,9H2,1H3. The topological polar surface area (TPSA) is 32.3 Å². The summed E-state index contributed by atoms with van der Waals surface area (Å²) < 4.78 is 13.3. The van der Waals surface area contributed by atoms with Gasteiger partial charge in [0.2, 0.25) is 0 Å². The first-order chi connectivity index (χ1) is 9.15. The second-order valence-corrected chi connectivity index (χ2v) is 5.07. The van der Waals surface area contributed by atoms with Crippen LogP contribution in [0.3, 0.4) is 0 Å². The van der Waals surface area contributed by atoms with Crippen LogP contribution in [0.4, 0.5) is 10.1 Å². The average Bonchev–Trinajstić information content (AvgIpc) is 2.85. The first kappa shape index (κ1) is 12.2. The van der Waals surface area contributed by atoms with Crippen molar-refractivity contribution in [1.29, 1.82) is 0 Å². The second kappa shape index (κ2) is 4.67. The van der Waals surface area contributed by atoms with Crippen molar-refractivity contribution < 1.29 is 9.50 Å². The third-order valence-corrected chi connectivity index (χ3v) is 3.70. The van der Waals surface area contributed by atoms with Crippen LogP contribution in [0.1, 0.15) is 22.8 Å². The molecule has 1 aliphatic rings. The summed E-state index contributed by atoms with van der Waals surface area (Å²) in [5.74, 6) is -0.237. The number of anilines is 1. The molecule has 0 aliphatic carbocycles. The molecular weight excluding hydrogens is 241 g/mol. The van der Waals surface area contributed by atoms with E-state index in [1.54, 1.807) is 19.1 Å². The summed E-state index contributed by atoms with van der Waals surface area (Å²) in [5.41, 5.74) is 3.60. The molecule has 0 spiro atoms. The molecule has 1 aliphatic heterocycles. The van der Waals surface area contributed by atoms with Crippen LogP contribution in [0.5, 0.6) is 0 Å². The van der Waals surface area contributed by atoms with Crippen LogP contribution in [0, 0.1) is 12.7 Å². The van der Waals surface area contributed by atoms with E-state index in [0.29, 0.717) is 5.56 Å². The van der Waals surface area contributed by atoms with Crippen molar-refractivity contribution in [3.63, 3.8) is 0 Å². The molecule has 2 nitrogen and oxygen atoms in total. The van der Waals surface area contributed by atoms with Crippen LogP contribution >= 0.6 is 0 Å². The minimum Gasteiger partial charge on any atom is -0.386 e. The lowest BCUT2D eigenvalue weighted by atomic mass is 9.98. The van der Waals surface area contributed by atoms with Crippen molar-refractivity contribution in [2.75, 3.05) is 5.32 Å². The molecule has 0 amide bonds. The van der Waals surface area contributed by atoms with E-state index in [0.717, 1.165) is 17.7 Å². The van der Waals surface area contributed by atoms with Crippen molar-refractivity contribution in [3.8, 4) is 0 Å². The number of rotatable bonds is 2. The Kier molecular flexibility index (Phi) is 2.99. The molecule has 0 fully saturated rings. The summed E-state index contributed by atoms with van der Waals surface area (Å²) in [6.07, 6.45) is 0.153. The van der Waals surface area contributed by atoms with Gasteiger partial charge >= 0.3 is 0 Å². The fraction of sp³-hybridized carbons (Fsp3) is 0.250. The highest BCUT2D eigenvalue weighted by Crippen LogP contribution is 2.32. The van der Waals surface area contributed by atoms with Crippen molar-refractivity contribution >= 4 is 5.69 Å². The van der Waals surface area contributed by atoms with Gasteiger partial charge in [0.15, 0.2) is 0 Å². The third-order valence-electron chi connectivity index (χ3n) is 3.70. The average molecular weight is 257 g/mol. The molecule has 3 heteroatoms. The minimum atomic E-state index is -0.633. The SMILES string of the molecule is Cc1cc(C(O)C2Cc3ccccc3N2)ccc1F. The van der Waals surface area contributed by atoms with Gasteiger partial charge in [-0.25, -0.2) is 4.39 Å². The predicted molar refractivity (Wildman–Crippen MR) is 73.7 cm³/mol. The highest BCUT2D eigenvalue weighted by Gasteiger charge is 2.27. The van der Waals surface area contributed by atoms with Crippen LogP contribution in [0.2, 0.25) is 0 Å². The molecule has 2 atom stereocenters. The van der Waals surface area contributed by atoms with Gasteiger partial charge in [0, 0.05) is 5.69 Å². The summed E-state index contributed by atoms with van der Waals surface area (Å²) >= 11 is 0. The number of aliphatic hydroxyl groups is 1. The summed E-state index contributed by atoms with van der Waals surface area (Å²) in [6, 6.07) is 12.8. The minimum absolute atomic E-state index is 0.0535. The first-order valence-electron chi connectivity index (χ1n) is 6.44. The van der Waals surface area contributed by atoms with Crippen LogP contribution < -0.4 is 5.32 Å². The van der Waals surface area contributed by atoms with E-state index in [2.05, 4.69) is 11.4 Å². The van der Waals surface area contributed by atoms with E-state index in [1.807, 2.05) is 18.2 Å². The molecule has 19 heavy (non-hydrogen) atoms. The van der Waals surface area contributed by atoms with E-state index in [9.17, 15) is 9.50 Å². The molecule has 0 saturated heterocycles. The summed E-state index contributed by atoms with van der Waals surface area (Å²) in [4.78, 5) is 0. The molecule has 2 N–H and O–H groups in total. The van der Waals surface area contributed by atoms with Crippen molar-refractivity contribution in [3.05, 3.63) is 65.0 Å². The quantitative estimate of drug-likeness (QED) is 0.866. The Hall–Kier alpha value is -1.87. The molecule has 2 aromatic rings. The highest BCUT2D eigenvalue weighted by atomic mass is 19.1. The zero-order valence-corrected chi connectivity index (χ0v) is 10.7.